The van der Waals surface area contributed by atoms with E-state index in [1.165, 1.54) is 3.57 Å². The minimum Gasteiger partial charge on any atom is -0.352 e. The maximum absolute atomic E-state index is 11.7. The Morgan fingerprint density at radius 1 is 1.25 bits per heavy atom. The molecule has 0 aromatic heterocycles. The van der Waals surface area contributed by atoms with Crippen molar-refractivity contribution in [3.8, 4) is 0 Å². The molecule has 0 unspecified atom stereocenters. The van der Waals surface area contributed by atoms with Gasteiger partial charge in [0.2, 0.25) is 5.91 Å². The SMILES string of the molecule is O=C(Cc1ccc(I)cc1)NC1CC=CC1. The van der Waals surface area contributed by atoms with E-state index in [0.29, 0.717) is 12.5 Å². The molecule has 1 amide bonds. The van der Waals surface area contributed by atoms with Gasteiger partial charge in [-0.1, -0.05) is 24.3 Å². The van der Waals surface area contributed by atoms with E-state index >= 15 is 0 Å². The summed E-state index contributed by atoms with van der Waals surface area (Å²) in [5.41, 5.74) is 1.07. The topological polar surface area (TPSA) is 29.1 Å². The Morgan fingerprint density at radius 3 is 2.50 bits per heavy atom. The van der Waals surface area contributed by atoms with Gasteiger partial charge in [-0.05, 0) is 53.1 Å². The molecule has 0 heterocycles. The largest absolute Gasteiger partial charge is 0.352 e. The van der Waals surface area contributed by atoms with Gasteiger partial charge in [-0.15, -0.1) is 0 Å². The van der Waals surface area contributed by atoms with Gasteiger partial charge in [-0.2, -0.15) is 0 Å². The van der Waals surface area contributed by atoms with E-state index in [9.17, 15) is 4.79 Å². The number of benzene rings is 1. The fraction of sp³-hybridized carbons (Fsp3) is 0.308. The van der Waals surface area contributed by atoms with E-state index in [-0.39, 0.29) is 5.91 Å². The Labute approximate surface area is 109 Å². The van der Waals surface area contributed by atoms with Crippen molar-refractivity contribution in [2.24, 2.45) is 0 Å². The first-order valence-electron chi connectivity index (χ1n) is 5.43. The van der Waals surface area contributed by atoms with E-state index < -0.39 is 0 Å². The molecule has 0 aliphatic heterocycles. The fourth-order valence-electron chi connectivity index (χ4n) is 1.80. The zero-order valence-corrected chi connectivity index (χ0v) is 11.1. The average molecular weight is 327 g/mol. The van der Waals surface area contributed by atoms with Crippen LogP contribution >= 0.6 is 22.6 Å². The highest BCUT2D eigenvalue weighted by atomic mass is 127. The summed E-state index contributed by atoms with van der Waals surface area (Å²) < 4.78 is 1.20. The molecule has 1 aliphatic carbocycles. The molecule has 0 fully saturated rings. The quantitative estimate of drug-likeness (QED) is 0.671. The Morgan fingerprint density at radius 2 is 1.88 bits per heavy atom. The molecule has 0 saturated carbocycles. The van der Waals surface area contributed by atoms with Gasteiger partial charge in [-0.25, -0.2) is 0 Å². The van der Waals surface area contributed by atoms with E-state index in [2.05, 4.69) is 40.1 Å². The van der Waals surface area contributed by atoms with E-state index in [1.807, 2.05) is 24.3 Å². The molecule has 0 radical (unpaired) electrons. The fourth-order valence-corrected chi connectivity index (χ4v) is 2.16. The molecule has 0 spiro atoms. The van der Waals surface area contributed by atoms with Gasteiger partial charge in [0.15, 0.2) is 0 Å². The molecule has 84 valence electrons. The summed E-state index contributed by atoms with van der Waals surface area (Å²) in [6, 6.07) is 8.39. The standard InChI is InChI=1S/C13H14INO/c14-11-7-5-10(6-8-11)9-13(16)15-12-3-1-2-4-12/h1-2,5-8,12H,3-4,9H2,(H,15,16). The van der Waals surface area contributed by atoms with Crippen molar-refractivity contribution < 1.29 is 4.79 Å². The van der Waals surface area contributed by atoms with Crippen LogP contribution in [0.15, 0.2) is 36.4 Å². The van der Waals surface area contributed by atoms with Crippen molar-refractivity contribution in [2.75, 3.05) is 0 Å². The lowest BCUT2D eigenvalue weighted by atomic mass is 10.1. The number of carbonyl (C=O) groups is 1. The lowest BCUT2D eigenvalue weighted by molar-refractivity contribution is -0.121. The Kier molecular flexibility index (Phi) is 3.98. The lowest BCUT2D eigenvalue weighted by Gasteiger charge is -2.11. The lowest BCUT2D eigenvalue weighted by Crippen LogP contribution is -2.33. The Hall–Kier alpha value is -0.840. The first-order valence-corrected chi connectivity index (χ1v) is 6.51. The Bertz CT molecular complexity index is 389. The van der Waals surface area contributed by atoms with Crippen LogP contribution in [0.25, 0.3) is 0 Å². The van der Waals surface area contributed by atoms with Crippen molar-refractivity contribution in [2.45, 2.75) is 25.3 Å². The number of hydrogen-bond acceptors (Lipinski definition) is 1. The minimum absolute atomic E-state index is 0.120. The van der Waals surface area contributed by atoms with Crippen molar-refractivity contribution in [1.82, 2.24) is 5.32 Å². The van der Waals surface area contributed by atoms with Crippen LogP contribution in [0.1, 0.15) is 18.4 Å². The summed E-state index contributed by atoms with van der Waals surface area (Å²) in [7, 11) is 0. The van der Waals surface area contributed by atoms with Crippen LogP contribution in [0, 0.1) is 3.57 Å². The molecule has 16 heavy (non-hydrogen) atoms. The van der Waals surface area contributed by atoms with Crippen LogP contribution in [-0.2, 0) is 11.2 Å². The number of rotatable bonds is 3. The molecule has 1 aromatic carbocycles. The maximum atomic E-state index is 11.7. The Balaban J connectivity index is 1.84. The first kappa shape index (κ1) is 11.6. The monoisotopic (exact) mass is 327 g/mol. The van der Waals surface area contributed by atoms with Gasteiger partial charge < -0.3 is 5.32 Å². The minimum atomic E-state index is 0.120. The van der Waals surface area contributed by atoms with Gasteiger partial charge in [0.25, 0.3) is 0 Å². The predicted molar refractivity (Wildman–Crippen MR) is 73.2 cm³/mol. The second-order valence-corrected chi connectivity index (χ2v) is 5.26. The van der Waals surface area contributed by atoms with Crippen LogP contribution in [0.2, 0.25) is 0 Å². The number of carbonyl (C=O) groups excluding carboxylic acids is 1. The van der Waals surface area contributed by atoms with Crippen molar-refractivity contribution >= 4 is 28.5 Å². The molecule has 1 aliphatic rings. The maximum Gasteiger partial charge on any atom is 0.224 e. The summed E-state index contributed by atoms with van der Waals surface area (Å²) >= 11 is 2.26. The van der Waals surface area contributed by atoms with Crippen LogP contribution in [0.3, 0.4) is 0 Å². The molecule has 1 aromatic rings. The van der Waals surface area contributed by atoms with Crippen LogP contribution in [0.5, 0.6) is 0 Å². The normalized spacial score (nSPS) is 15.3. The number of amides is 1. The molecular formula is C13H14INO. The first-order chi connectivity index (χ1) is 7.74. The van der Waals surface area contributed by atoms with Gasteiger partial charge in [0.1, 0.15) is 0 Å². The number of halogens is 1. The van der Waals surface area contributed by atoms with E-state index in [1.54, 1.807) is 0 Å². The molecule has 0 bridgehead atoms. The average Bonchev–Trinajstić information content (AvgIpc) is 2.74. The predicted octanol–water partition coefficient (Wildman–Crippen LogP) is 2.67. The third-order valence-electron chi connectivity index (χ3n) is 2.65. The second kappa shape index (κ2) is 5.48. The number of hydrogen-bond donors (Lipinski definition) is 1. The highest BCUT2D eigenvalue weighted by molar-refractivity contribution is 14.1. The zero-order valence-electron chi connectivity index (χ0n) is 8.95. The smallest absolute Gasteiger partial charge is 0.224 e. The second-order valence-electron chi connectivity index (χ2n) is 4.01. The third-order valence-corrected chi connectivity index (χ3v) is 3.37. The molecular weight excluding hydrogens is 313 g/mol. The summed E-state index contributed by atoms with van der Waals surface area (Å²) in [4.78, 5) is 11.7. The van der Waals surface area contributed by atoms with E-state index in [4.69, 9.17) is 0 Å². The van der Waals surface area contributed by atoms with Crippen LogP contribution in [0.4, 0.5) is 0 Å². The van der Waals surface area contributed by atoms with Gasteiger partial charge >= 0.3 is 0 Å². The molecule has 0 saturated heterocycles. The van der Waals surface area contributed by atoms with E-state index in [0.717, 1.165) is 18.4 Å². The molecule has 2 rings (SSSR count). The zero-order chi connectivity index (χ0) is 11.4. The van der Waals surface area contributed by atoms with Crippen molar-refractivity contribution in [3.05, 3.63) is 45.6 Å². The van der Waals surface area contributed by atoms with Gasteiger partial charge in [-0.3, -0.25) is 4.79 Å². The summed E-state index contributed by atoms with van der Waals surface area (Å²) in [6.45, 7) is 0. The number of nitrogens with one attached hydrogen (secondary N) is 1. The molecule has 1 N–H and O–H groups in total. The summed E-state index contributed by atoms with van der Waals surface area (Å²) in [5.74, 6) is 0.120. The van der Waals surface area contributed by atoms with Crippen molar-refractivity contribution in [3.63, 3.8) is 0 Å². The molecule has 2 nitrogen and oxygen atoms in total. The molecule has 3 heteroatoms. The van der Waals surface area contributed by atoms with Crippen LogP contribution < -0.4 is 5.32 Å². The van der Waals surface area contributed by atoms with Gasteiger partial charge in [0.05, 0.1) is 6.42 Å². The summed E-state index contributed by atoms with van der Waals surface area (Å²) in [5, 5.41) is 3.04. The third kappa shape index (κ3) is 3.33. The van der Waals surface area contributed by atoms with Gasteiger partial charge in [0, 0.05) is 9.61 Å². The van der Waals surface area contributed by atoms with Crippen LogP contribution in [-0.4, -0.2) is 11.9 Å². The highest BCUT2D eigenvalue weighted by Crippen LogP contribution is 2.10. The highest BCUT2D eigenvalue weighted by Gasteiger charge is 2.13. The summed E-state index contributed by atoms with van der Waals surface area (Å²) in [6.07, 6.45) is 6.66. The van der Waals surface area contributed by atoms with Crippen molar-refractivity contribution in [1.29, 1.82) is 0 Å². The molecule has 0 atom stereocenters.